The summed E-state index contributed by atoms with van der Waals surface area (Å²) in [5, 5.41) is 12.1. The number of rotatable bonds is 6. The van der Waals surface area contributed by atoms with Crippen molar-refractivity contribution < 1.29 is 14.4 Å². The van der Waals surface area contributed by atoms with Gasteiger partial charge in [-0.3, -0.25) is 4.98 Å². The van der Waals surface area contributed by atoms with Gasteiger partial charge in [-0.25, -0.2) is 9.48 Å². The Balaban J connectivity index is 1.82. The number of methoxy groups -OCH3 is 1. The SMILES string of the molecule is CO/N=C(/C(=O)OC)c1cccc(Cn2cc(-c3cccnc3)nn2)c1. The summed E-state index contributed by atoms with van der Waals surface area (Å²) in [6.07, 6.45) is 5.28. The first-order chi connectivity index (χ1) is 12.7. The summed E-state index contributed by atoms with van der Waals surface area (Å²) in [5.74, 6) is -0.566. The van der Waals surface area contributed by atoms with Crippen molar-refractivity contribution in [2.45, 2.75) is 6.54 Å². The van der Waals surface area contributed by atoms with E-state index in [1.807, 2.05) is 36.5 Å². The maximum absolute atomic E-state index is 11.9. The van der Waals surface area contributed by atoms with Gasteiger partial charge >= 0.3 is 5.97 Å². The van der Waals surface area contributed by atoms with E-state index in [0.717, 1.165) is 16.8 Å². The zero-order valence-corrected chi connectivity index (χ0v) is 14.4. The van der Waals surface area contributed by atoms with Crippen LogP contribution in [0, 0.1) is 0 Å². The molecule has 0 spiro atoms. The summed E-state index contributed by atoms with van der Waals surface area (Å²) in [4.78, 5) is 20.7. The fourth-order valence-electron chi connectivity index (χ4n) is 2.42. The number of carbonyl (C=O) groups is 1. The second kappa shape index (κ2) is 8.02. The Morgan fingerprint density at radius 3 is 2.85 bits per heavy atom. The van der Waals surface area contributed by atoms with Crippen LogP contribution >= 0.6 is 0 Å². The van der Waals surface area contributed by atoms with E-state index < -0.39 is 5.97 Å². The lowest BCUT2D eigenvalue weighted by atomic mass is 10.1. The van der Waals surface area contributed by atoms with Crippen LogP contribution in [0.1, 0.15) is 11.1 Å². The molecule has 0 aliphatic carbocycles. The molecule has 0 N–H and O–H groups in total. The van der Waals surface area contributed by atoms with Crippen LogP contribution in [0.3, 0.4) is 0 Å². The van der Waals surface area contributed by atoms with Gasteiger partial charge in [-0.2, -0.15) is 0 Å². The van der Waals surface area contributed by atoms with Crippen molar-refractivity contribution >= 4 is 11.7 Å². The Hall–Kier alpha value is -3.55. The van der Waals surface area contributed by atoms with Crippen LogP contribution in [0.15, 0.2) is 60.1 Å². The van der Waals surface area contributed by atoms with Gasteiger partial charge in [-0.1, -0.05) is 28.6 Å². The largest absolute Gasteiger partial charge is 0.464 e. The molecule has 3 aromatic rings. The van der Waals surface area contributed by atoms with E-state index in [1.165, 1.54) is 14.2 Å². The van der Waals surface area contributed by atoms with Crippen molar-refractivity contribution in [3.8, 4) is 11.3 Å². The van der Waals surface area contributed by atoms with Crippen molar-refractivity contribution in [1.82, 2.24) is 20.0 Å². The lowest BCUT2D eigenvalue weighted by Gasteiger charge is -2.06. The summed E-state index contributed by atoms with van der Waals surface area (Å²) in [6.45, 7) is 0.489. The van der Waals surface area contributed by atoms with Gasteiger partial charge < -0.3 is 9.57 Å². The Kier molecular flexibility index (Phi) is 5.33. The molecule has 0 unspecified atom stereocenters. The van der Waals surface area contributed by atoms with Crippen LogP contribution < -0.4 is 0 Å². The predicted molar refractivity (Wildman–Crippen MR) is 94.4 cm³/mol. The third kappa shape index (κ3) is 3.92. The number of carbonyl (C=O) groups excluding carboxylic acids is 1. The minimum Gasteiger partial charge on any atom is -0.464 e. The average Bonchev–Trinajstić information content (AvgIpc) is 3.15. The van der Waals surface area contributed by atoms with Gasteiger partial charge in [0, 0.05) is 23.5 Å². The molecule has 3 rings (SSSR count). The summed E-state index contributed by atoms with van der Waals surface area (Å²) < 4.78 is 6.46. The van der Waals surface area contributed by atoms with E-state index in [-0.39, 0.29) is 5.71 Å². The summed E-state index contributed by atoms with van der Waals surface area (Å²) >= 11 is 0. The highest BCUT2D eigenvalue weighted by molar-refractivity contribution is 6.43. The Bertz CT molecular complexity index is 921. The monoisotopic (exact) mass is 351 g/mol. The van der Waals surface area contributed by atoms with E-state index in [0.29, 0.717) is 12.1 Å². The molecule has 0 atom stereocenters. The van der Waals surface area contributed by atoms with E-state index >= 15 is 0 Å². The standard InChI is InChI=1S/C18H17N5O3/c1-25-18(24)17(21-26-2)14-6-3-5-13(9-14)11-23-12-16(20-22-23)15-7-4-8-19-10-15/h3-10,12H,11H2,1-2H3/b21-17+. The molecule has 0 aliphatic rings. The molecular weight excluding hydrogens is 334 g/mol. The highest BCUT2D eigenvalue weighted by atomic mass is 16.6. The van der Waals surface area contributed by atoms with Crippen molar-refractivity contribution in [1.29, 1.82) is 0 Å². The normalized spacial score (nSPS) is 11.2. The van der Waals surface area contributed by atoms with Gasteiger partial charge in [0.05, 0.1) is 19.9 Å². The third-order valence-corrected chi connectivity index (χ3v) is 3.60. The van der Waals surface area contributed by atoms with E-state index in [4.69, 9.17) is 9.57 Å². The number of hydrogen-bond donors (Lipinski definition) is 0. The van der Waals surface area contributed by atoms with Crippen molar-refractivity contribution in [3.63, 3.8) is 0 Å². The van der Waals surface area contributed by atoms with E-state index in [1.54, 1.807) is 23.1 Å². The molecule has 0 saturated heterocycles. The van der Waals surface area contributed by atoms with Crippen LogP contribution in [0.2, 0.25) is 0 Å². The Morgan fingerprint density at radius 2 is 2.12 bits per heavy atom. The number of pyridine rings is 1. The molecule has 8 heteroatoms. The van der Waals surface area contributed by atoms with Gasteiger partial charge in [0.25, 0.3) is 0 Å². The summed E-state index contributed by atoms with van der Waals surface area (Å²) in [5.41, 5.74) is 3.27. The fraction of sp³-hybridized carbons (Fsp3) is 0.167. The average molecular weight is 351 g/mol. The minimum absolute atomic E-state index is 0.103. The molecule has 0 bridgehead atoms. The molecule has 0 amide bonds. The van der Waals surface area contributed by atoms with Gasteiger partial charge in [-0.15, -0.1) is 5.10 Å². The van der Waals surface area contributed by atoms with Gasteiger partial charge in [-0.05, 0) is 23.8 Å². The van der Waals surface area contributed by atoms with Gasteiger partial charge in [0.15, 0.2) is 5.71 Å². The van der Waals surface area contributed by atoms with Crippen LogP contribution in [0.4, 0.5) is 0 Å². The van der Waals surface area contributed by atoms with Crippen molar-refractivity contribution in [2.24, 2.45) is 5.16 Å². The number of esters is 1. The quantitative estimate of drug-likeness (QED) is 0.383. The van der Waals surface area contributed by atoms with Gasteiger partial charge in [0.2, 0.25) is 0 Å². The number of nitrogens with zero attached hydrogens (tertiary/aromatic N) is 5. The van der Waals surface area contributed by atoms with Gasteiger partial charge in [0.1, 0.15) is 12.8 Å². The fourth-order valence-corrected chi connectivity index (χ4v) is 2.42. The zero-order valence-electron chi connectivity index (χ0n) is 14.4. The molecule has 26 heavy (non-hydrogen) atoms. The summed E-state index contributed by atoms with van der Waals surface area (Å²) in [7, 11) is 2.68. The maximum Gasteiger partial charge on any atom is 0.360 e. The minimum atomic E-state index is -0.566. The maximum atomic E-state index is 11.9. The highest BCUT2D eigenvalue weighted by Gasteiger charge is 2.16. The first-order valence-electron chi connectivity index (χ1n) is 7.80. The molecule has 0 radical (unpaired) electrons. The van der Waals surface area contributed by atoms with Crippen LogP contribution in [-0.2, 0) is 20.9 Å². The van der Waals surface area contributed by atoms with E-state index in [2.05, 4.69) is 20.5 Å². The Labute approximate surface area is 150 Å². The predicted octanol–water partition coefficient (Wildman–Crippen LogP) is 1.91. The molecule has 0 saturated carbocycles. The molecule has 0 aliphatic heterocycles. The molecule has 8 nitrogen and oxygen atoms in total. The third-order valence-electron chi connectivity index (χ3n) is 3.60. The number of aromatic nitrogens is 4. The Morgan fingerprint density at radius 1 is 1.23 bits per heavy atom. The first-order valence-corrected chi connectivity index (χ1v) is 7.80. The highest BCUT2D eigenvalue weighted by Crippen LogP contribution is 2.15. The van der Waals surface area contributed by atoms with Crippen molar-refractivity contribution in [3.05, 3.63) is 66.1 Å². The number of hydrogen-bond acceptors (Lipinski definition) is 7. The van der Waals surface area contributed by atoms with Crippen LogP contribution in [0.5, 0.6) is 0 Å². The topological polar surface area (TPSA) is 91.5 Å². The molecule has 2 aromatic heterocycles. The smallest absolute Gasteiger partial charge is 0.360 e. The van der Waals surface area contributed by atoms with Crippen LogP contribution in [0.25, 0.3) is 11.3 Å². The van der Waals surface area contributed by atoms with Crippen molar-refractivity contribution in [2.75, 3.05) is 14.2 Å². The molecular formula is C18H17N5O3. The molecule has 1 aromatic carbocycles. The lowest BCUT2D eigenvalue weighted by molar-refractivity contribution is -0.132. The first kappa shape index (κ1) is 17.3. The second-order valence-electron chi connectivity index (χ2n) is 5.36. The van der Waals surface area contributed by atoms with E-state index in [9.17, 15) is 4.79 Å². The molecule has 2 heterocycles. The zero-order chi connectivity index (χ0) is 18.4. The number of benzene rings is 1. The van der Waals surface area contributed by atoms with Crippen LogP contribution in [-0.4, -0.2) is 45.9 Å². The molecule has 0 fully saturated rings. The number of ether oxygens (including phenoxy) is 1. The second-order valence-corrected chi connectivity index (χ2v) is 5.36. The summed E-state index contributed by atoms with van der Waals surface area (Å²) in [6, 6.07) is 11.1. The molecule has 132 valence electrons. The number of oxime groups is 1. The lowest BCUT2D eigenvalue weighted by Crippen LogP contribution is -2.18.